The van der Waals surface area contributed by atoms with Crippen LogP contribution in [0.15, 0.2) is 84.9 Å². The van der Waals surface area contributed by atoms with Gasteiger partial charge in [-0.2, -0.15) is 0 Å². The number of hydrogen-bond donors (Lipinski definition) is 1. The molecule has 188 valence electrons. The second kappa shape index (κ2) is 6.60. The smallest absolute Gasteiger partial charge is 0.164 e. The Morgan fingerprint density at radius 2 is 0.951 bits per heavy atom. The van der Waals surface area contributed by atoms with E-state index in [0.717, 1.165) is 66.1 Å². The Balaban J connectivity index is 1.53. The van der Waals surface area contributed by atoms with Crippen LogP contribution >= 0.6 is 0 Å². The Morgan fingerprint density at radius 1 is 0.439 bits per heavy atom. The lowest BCUT2D eigenvalue weighted by molar-refractivity contribution is 0.945. The zero-order valence-electron chi connectivity index (χ0n) is 21.2. The number of fused-ring (bicyclic) bond motifs is 13. The van der Waals surface area contributed by atoms with E-state index in [1.807, 2.05) is 48.5 Å². The van der Waals surface area contributed by atoms with Crippen LogP contribution in [-0.4, -0.2) is 43.9 Å². The lowest BCUT2D eigenvalue weighted by Crippen LogP contribution is -1.94. The molecule has 41 heavy (non-hydrogen) atoms. The van der Waals surface area contributed by atoms with Crippen molar-refractivity contribution in [2.24, 2.45) is 0 Å². The third-order valence-corrected chi connectivity index (χ3v) is 8.39. The summed E-state index contributed by atoms with van der Waals surface area (Å²) in [6, 6.07) is 28.7. The number of benzene rings is 4. The van der Waals surface area contributed by atoms with Crippen molar-refractivity contribution in [2.75, 3.05) is 0 Å². The first-order valence-electron chi connectivity index (χ1n) is 13.4. The summed E-state index contributed by atoms with van der Waals surface area (Å²) in [5, 5.41) is 3.93. The predicted molar refractivity (Wildman–Crippen MR) is 157 cm³/mol. The third kappa shape index (κ3) is 2.35. The van der Waals surface area contributed by atoms with Gasteiger partial charge in [-0.25, -0.2) is 38.9 Å². The molecule has 9 aromatic rings. The molecule has 0 aliphatic carbocycles. The number of H-pyrrole nitrogens is 1. The van der Waals surface area contributed by atoms with E-state index in [0.29, 0.717) is 34.6 Å². The van der Waals surface area contributed by atoms with E-state index in [1.165, 1.54) is 0 Å². The maximum atomic E-state index is 5.26. The normalized spacial score (nSPS) is 12.9. The molecule has 0 radical (unpaired) electrons. The highest BCUT2D eigenvalue weighted by molar-refractivity contribution is 6.21. The molecule has 0 unspecified atom stereocenters. The first-order chi connectivity index (χ1) is 20.3. The Bertz CT molecular complexity index is 2690. The zero-order chi connectivity index (χ0) is 26.4. The van der Waals surface area contributed by atoms with Crippen molar-refractivity contribution in [2.45, 2.75) is 0 Å². The molecule has 0 atom stereocenters. The van der Waals surface area contributed by atoms with E-state index in [1.54, 1.807) is 0 Å². The number of aromatic nitrogens is 9. The Morgan fingerprint density at radius 3 is 1.54 bits per heavy atom. The molecule has 11 rings (SSSR count). The van der Waals surface area contributed by atoms with E-state index in [-0.39, 0.29) is 0 Å². The molecule has 2 aliphatic heterocycles. The molecule has 0 fully saturated rings. The van der Waals surface area contributed by atoms with Crippen molar-refractivity contribution < 1.29 is 0 Å². The molecule has 9 heteroatoms. The summed E-state index contributed by atoms with van der Waals surface area (Å²) in [6.07, 6.45) is 0. The molecule has 7 heterocycles. The average molecular weight is 526 g/mol. The van der Waals surface area contributed by atoms with Gasteiger partial charge in [0.2, 0.25) is 0 Å². The second-order valence-corrected chi connectivity index (χ2v) is 10.6. The van der Waals surface area contributed by atoms with Crippen molar-refractivity contribution in [3.8, 4) is 45.6 Å². The predicted octanol–water partition coefficient (Wildman–Crippen LogP) is 6.36. The molecule has 9 nitrogen and oxygen atoms in total. The zero-order valence-corrected chi connectivity index (χ0v) is 21.2. The highest BCUT2D eigenvalue weighted by Gasteiger charge is 2.27. The summed E-state index contributed by atoms with van der Waals surface area (Å²) in [4.78, 5) is 34.2. The summed E-state index contributed by atoms with van der Waals surface area (Å²) in [7, 11) is 0. The van der Waals surface area contributed by atoms with Crippen molar-refractivity contribution in [3.63, 3.8) is 0 Å². The van der Waals surface area contributed by atoms with E-state index < -0.39 is 0 Å². The molecule has 1 N–H and O–H groups in total. The number of nitrogens with zero attached hydrogens (tertiary/aromatic N) is 8. The van der Waals surface area contributed by atoms with Crippen LogP contribution in [-0.2, 0) is 0 Å². The lowest BCUT2D eigenvalue weighted by atomic mass is 10.1. The maximum absolute atomic E-state index is 5.26. The van der Waals surface area contributed by atoms with E-state index >= 15 is 0 Å². The maximum Gasteiger partial charge on any atom is 0.164 e. The van der Waals surface area contributed by atoms with Crippen LogP contribution in [0.25, 0.3) is 101 Å². The topological polar surface area (TPSA) is 102 Å². The minimum absolute atomic E-state index is 0.620. The van der Waals surface area contributed by atoms with Gasteiger partial charge in [-0.3, -0.25) is 0 Å². The van der Waals surface area contributed by atoms with Crippen LogP contribution in [0.2, 0.25) is 0 Å². The van der Waals surface area contributed by atoms with Crippen LogP contribution in [0.4, 0.5) is 0 Å². The monoisotopic (exact) mass is 525 g/mol. The summed E-state index contributed by atoms with van der Waals surface area (Å²) in [6.45, 7) is 0. The average Bonchev–Trinajstić information content (AvgIpc) is 3.23. The first-order valence-corrected chi connectivity index (χ1v) is 13.4. The highest BCUT2D eigenvalue weighted by Crippen LogP contribution is 2.41. The van der Waals surface area contributed by atoms with E-state index in [9.17, 15) is 0 Å². The minimum atomic E-state index is 0.620. The van der Waals surface area contributed by atoms with Crippen LogP contribution in [0.5, 0.6) is 0 Å². The standard InChI is InChI=1S/C32H15N9/c1-3-9-17-15(7-1)25-33-27(17)38-31-19-11-5-6-12-20(19)32-39-28-18-10-4-2-8-16(18)26(34-28)36-30-23-21(29(35-25)37-30)13-14-22-24(23)40(22)41(31)32/h1-14H,(H,33,34,35,36,37,38,39). The summed E-state index contributed by atoms with van der Waals surface area (Å²) in [5.41, 5.74) is 8.85. The molecular formula is C32H15N9. The largest absolute Gasteiger partial charge is 0.324 e. The number of hydrogen-bond acceptors (Lipinski definition) is 6. The van der Waals surface area contributed by atoms with Gasteiger partial charge < -0.3 is 4.98 Å². The van der Waals surface area contributed by atoms with Crippen molar-refractivity contribution >= 4 is 55.2 Å². The molecule has 0 spiro atoms. The van der Waals surface area contributed by atoms with E-state index in [2.05, 4.69) is 50.4 Å². The Kier molecular flexibility index (Phi) is 3.22. The fourth-order valence-corrected chi connectivity index (χ4v) is 6.53. The number of nitrogens with one attached hydrogen (secondary N) is 1. The molecule has 0 saturated heterocycles. The van der Waals surface area contributed by atoms with Crippen LogP contribution in [0.1, 0.15) is 0 Å². The van der Waals surface area contributed by atoms with Crippen molar-refractivity contribution in [1.82, 2.24) is 43.9 Å². The van der Waals surface area contributed by atoms with Gasteiger partial charge >= 0.3 is 0 Å². The molecule has 0 saturated carbocycles. The number of rotatable bonds is 0. The molecule has 0 amide bonds. The van der Waals surface area contributed by atoms with E-state index in [4.69, 9.17) is 29.9 Å². The van der Waals surface area contributed by atoms with Gasteiger partial charge in [0.05, 0.1) is 10.9 Å². The van der Waals surface area contributed by atoms with Crippen LogP contribution in [0.3, 0.4) is 0 Å². The molecule has 2 aliphatic rings. The van der Waals surface area contributed by atoms with Crippen molar-refractivity contribution in [3.05, 3.63) is 84.9 Å². The molecule has 4 aromatic carbocycles. The summed E-state index contributed by atoms with van der Waals surface area (Å²) < 4.78 is 4.29. The second-order valence-electron chi connectivity index (χ2n) is 10.6. The van der Waals surface area contributed by atoms with Crippen molar-refractivity contribution in [1.29, 1.82) is 0 Å². The number of aromatic amines is 1. The fourth-order valence-electron chi connectivity index (χ4n) is 6.53. The van der Waals surface area contributed by atoms with Gasteiger partial charge in [0, 0.05) is 38.4 Å². The minimum Gasteiger partial charge on any atom is -0.324 e. The van der Waals surface area contributed by atoms with Gasteiger partial charge in [-0.15, -0.1) is 0 Å². The quantitative estimate of drug-likeness (QED) is 0.247. The van der Waals surface area contributed by atoms with Crippen LogP contribution < -0.4 is 0 Å². The van der Waals surface area contributed by atoms with Gasteiger partial charge in [0.25, 0.3) is 0 Å². The summed E-state index contributed by atoms with van der Waals surface area (Å²) in [5.74, 6) is 2.49. The lowest BCUT2D eigenvalue weighted by Gasteiger charge is -1.98. The fraction of sp³-hybridized carbons (Fsp3) is 0. The summed E-state index contributed by atoms with van der Waals surface area (Å²) >= 11 is 0. The highest BCUT2D eigenvalue weighted by atomic mass is 15.4. The van der Waals surface area contributed by atoms with Gasteiger partial charge in [0.15, 0.2) is 34.6 Å². The van der Waals surface area contributed by atoms with Gasteiger partial charge in [-0.1, -0.05) is 72.8 Å². The molecule has 5 aromatic heterocycles. The SMILES string of the molecule is c1ccc2c(c1)-c1nc-2nc2c3ccccc3c3nc4nc(nc5[nH]c(n1)c1ccc6c(c51)n6n23)-c1ccccc1-4. The Labute approximate surface area is 229 Å². The van der Waals surface area contributed by atoms with Gasteiger partial charge in [0.1, 0.15) is 16.8 Å². The first kappa shape index (κ1) is 20.0. The Hall–Kier alpha value is -5.96. The molecule has 9 bridgehead atoms. The third-order valence-electron chi connectivity index (χ3n) is 8.39. The van der Waals surface area contributed by atoms with Crippen LogP contribution in [0, 0.1) is 0 Å². The molecular weight excluding hydrogens is 510 g/mol. The van der Waals surface area contributed by atoms with Gasteiger partial charge in [-0.05, 0) is 12.1 Å².